The van der Waals surface area contributed by atoms with Crippen molar-refractivity contribution in [2.75, 3.05) is 7.11 Å². The van der Waals surface area contributed by atoms with E-state index in [2.05, 4.69) is 10.1 Å². The predicted octanol–water partition coefficient (Wildman–Crippen LogP) is 2.34. The van der Waals surface area contributed by atoms with E-state index in [1.165, 1.54) is 7.11 Å². The Bertz CT molecular complexity index is 448. The van der Waals surface area contributed by atoms with Crippen LogP contribution in [0.25, 0.3) is 0 Å². The van der Waals surface area contributed by atoms with Gasteiger partial charge in [-0.15, -0.1) is 0 Å². The summed E-state index contributed by atoms with van der Waals surface area (Å²) in [5.74, 6) is -0.451. The Labute approximate surface area is 118 Å². The molecule has 1 rings (SSSR count). The fourth-order valence-corrected chi connectivity index (χ4v) is 1.91. The first kappa shape index (κ1) is 15.5. The van der Waals surface area contributed by atoms with E-state index in [1.54, 1.807) is 18.2 Å². The zero-order chi connectivity index (χ0) is 14.3. The van der Waals surface area contributed by atoms with Crippen molar-refractivity contribution in [2.45, 2.75) is 32.2 Å². The summed E-state index contributed by atoms with van der Waals surface area (Å²) in [6.07, 6.45) is 1.11. The second kappa shape index (κ2) is 7.79. The normalized spacial score (nSPS) is 11.7. The number of benzene rings is 1. The van der Waals surface area contributed by atoms with Crippen molar-refractivity contribution in [3.05, 3.63) is 34.9 Å². The van der Waals surface area contributed by atoms with Crippen LogP contribution in [0.1, 0.15) is 25.3 Å². The van der Waals surface area contributed by atoms with Crippen LogP contribution in [0.4, 0.5) is 0 Å². The van der Waals surface area contributed by atoms with E-state index in [-0.39, 0.29) is 30.8 Å². The summed E-state index contributed by atoms with van der Waals surface area (Å²) in [6, 6.07) is 6.96. The summed E-state index contributed by atoms with van der Waals surface area (Å²) in [6.45, 7) is 1.91. The van der Waals surface area contributed by atoms with Crippen LogP contribution < -0.4 is 5.32 Å². The van der Waals surface area contributed by atoms with Crippen molar-refractivity contribution >= 4 is 23.5 Å². The Morgan fingerprint density at radius 2 is 2.16 bits per heavy atom. The summed E-state index contributed by atoms with van der Waals surface area (Å²) in [7, 11) is 1.34. The Hall–Kier alpha value is -1.55. The summed E-state index contributed by atoms with van der Waals surface area (Å²) < 4.78 is 4.59. The van der Waals surface area contributed by atoms with Gasteiger partial charge in [0, 0.05) is 11.1 Å². The van der Waals surface area contributed by atoms with Gasteiger partial charge in [-0.3, -0.25) is 9.59 Å². The number of nitrogens with one attached hydrogen (secondary N) is 1. The number of ether oxygens (including phenoxy) is 1. The van der Waals surface area contributed by atoms with Crippen LogP contribution >= 0.6 is 11.6 Å². The lowest BCUT2D eigenvalue weighted by Gasteiger charge is -2.15. The fraction of sp³-hybridized carbons (Fsp3) is 0.429. The molecule has 0 radical (unpaired) electrons. The van der Waals surface area contributed by atoms with Gasteiger partial charge in [0.15, 0.2) is 0 Å². The number of rotatable bonds is 6. The first-order valence-electron chi connectivity index (χ1n) is 6.15. The van der Waals surface area contributed by atoms with Crippen LogP contribution in [-0.4, -0.2) is 25.0 Å². The first-order chi connectivity index (χ1) is 9.05. The first-order valence-corrected chi connectivity index (χ1v) is 6.53. The topological polar surface area (TPSA) is 55.4 Å². The summed E-state index contributed by atoms with van der Waals surface area (Å²) >= 11 is 5.86. The van der Waals surface area contributed by atoms with Gasteiger partial charge in [0.05, 0.1) is 20.0 Å². The van der Waals surface area contributed by atoms with E-state index in [9.17, 15) is 9.59 Å². The van der Waals surface area contributed by atoms with Gasteiger partial charge in [-0.05, 0) is 24.1 Å². The third-order valence-electron chi connectivity index (χ3n) is 2.75. The lowest BCUT2D eigenvalue weighted by atomic mass is 10.1. The average molecular weight is 284 g/mol. The summed E-state index contributed by atoms with van der Waals surface area (Å²) in [5, 5.41) is 3.42. The second-order valence-corrected chi connectivity index (χ2v) is 4.70. The molecule has 0 aliphatic heterocycles. The van der Waals surface area contributed by atoms with Gasteiger partial charge in [-0.2, -0.15) is 0 Å². The molecular formula is C14H18ClNO3. The number of methoxy groups -OCH3 is 1. The molecule has 1 amide bonds. The maximum atomic E-state index is 11.9. The molecule has 19 heavy (non-hydrogen) atoms. The average Bonchev–Trinajstić information content (AvgIpc) is 2.37. The molecule has 1 unspecified atom stereocenters. The zero-order valence-corrected chi connectivity index (χ0v) is 11.9. The predicted molar refractivity (Wildman–Crippen MR) is 74.0 cm³/mol. The van der Waals surface area contributed by atoms with Gasteiger partial charge in [-0.1, -0.05) is 30.7 Å². The lowest BCUT2D eigenvalue weighted by molar-refractivity contribution is -0.141. The highest BCUT2D eigenvalue weighted by molar-refractivity contribution is 6.30. The van der Waals surface area contributed by atoms with Crippen molar-refractivity contribution in [3.63, 3.8) is 0 Å². The molecule has 0 spiro atoms. The van der Waals surface area contributed by atoms with Crippen LogP contribution in [-0.2, 0) is 20.7 Å². The minimum Gasteiger partial charge on any atom is -0.469 e. The third kappa shape index (κ3) is 5.75. The Morgan fingerprint density at radius 3 is 2.74 bits per heavy atom. The van der Waals surface area contributed by atoms with E-state index in [0.717, 1.165) is 5.56 Å². The van der Waals surface area contributed by atoms with Gasteiger partial charge in [-0.25, -0.2) is 0 Å². The molecule has 1 aromatic carbocycles. The number of carbonyl (C=O) groups is 2. The quantitative estimate of drug-likeness (QED) is 0.815. The van der Waals surface area contributed by atoms with E-state index < -0.39 is 0 Å². The number of esters is 1. The number of amides is 1. The molecule has 1 atom stereocenters. The standard InChI is InChI=1S/C14H18ClNO3/c1-3-12(9-14(18)19-2)16-13(17)8-10-5-4-6-11(15)7-10/h4-7,12H,3,8-9H2,1-2H3,(H,16,17). The number of carbonyl (C=O) groups excluding carboxylic acids is 2. The van der Waals surface area contributed by atoms with E-state index in [1.807, 2.05) is 13.0 Å². The van der Waals surface area contributed by atoms with Gasteiger partial charge in [0.25, 0.3) is 0 Å². The molecule has 1 aromatic rings. The highest BCUT2D eigenvalue weighted by Crippen LogP contribution is 2.11. The number of hydrogen-bond acceptors (Lipinski definition) is 3. The van der Waals surface area contributed by atoms with Gasteiger partial charge in [0.2, 0.25) is 5.91 Å². The summed E-state index contributed by atoms with van der Waals surface area (Å²) in [5.41, 5.74) is 0.845. The zero-order valence-electron chi connectivity index (χ0n) is 11.1. The minimum atomic E-state index is -0.324. The molecule has 5 heteroatoms. The van der Waals surface area contributed by atoms with Gasteiger partial charge < -0.3 is 10.1 Å². The Kier molecular flexibility index (Phi) is 6.36. The van der Waals surface area contributed by atoms with E-state index in [4.69, 9.17) is 11.6 Å². The molecule has 0 saturated carbocycles. The maximum absolute atomic E-state index is 11.9. The minimum absolute atomic E-state index is 0.127. The largest absolute Gasteiger partial charge is 0.469 e. The number of halogens is 1. The van der Waals surface area contributed by atoms with Crippen molar-refractivity contribution in [1.29, 1.82) is 0 Å². The molecule has 0 aliphatic carbocycles. The molecule has 1 N–H and O–H groups in total. The molecule has 0 saturated heterocycles. The van der Waals surface area contributed by atoms with Crippen LogP contribution in [0, 0.1) is 0 Å². The van der Waals surface area contributed by atoms with Crippen molar-refractivity contribution < 1.29 is 14.3 Å². The lowest BCUT2D eigenvalue weighted by Crippen LogP contribution is -2.37. The van der Waals surface area contributed by atoms with Gasteiger partial charge in [0.1, 0.15) is 0 Å². The van der Waals surface area contributed by atoms with Crippen LogP contribution in [0.2, 0.25) is 5.02 Å². The third-order valence-corrected chi connectivity index (χ3v) is 2.99. The van der Waals surface area contributed by atoms with Crippen molar-refractivity contribution in [2.24, 2.45) is 0 Å². The second-order valence-electron chi connectivity index (χ2n) is 4.26. The fourth-order valence-electron chi connectivity index (χ4n) is 1.69. The molecule has 0 aliphatic rings. The molecule has 0 bridgehead atoms. The highest BCUT2D eigenvalue weighted by atomic mass is 35.5. The maximum Gasteiger partial charge on any atom is 0.307 e. The van der Waals surface area contributed by atoms with Crippen LogP contribution in [0.15, 0.2) is 24.3 Å². The Balaban J connectivity index is 2.51. The monoisotopic (exact) mass is 283 g/mol. The highest BCUT2D eigenvalue weighted by Gasteiger charge is 2.15. The molecular weight excluding hydrogens is 266 g/mol. The molecule has 0 heterocycles. The van der Waals surface area contributed by atoms with Gasteiger partial charge >= 0.3 is 5.97 Å². The van der Waals surface area contributed by atoms with E-state index in [0.29, 0.717) is 11.4 Å². The molecule has 4 nitrogen and oxygen atoms in total. The Morgan fingerprint density at radius 1 is 1.42 bits per heavy atom. The summed E-state index contributed by atoms with van der Waals surface area (Å²) in [4.78, 5) is 23.0. The van der Waals surface area contributed by atoms with Crippen LogP contribution in [0.3, 0.4) is 0 Å². The van der Waals surface area contributed by atoms with E-state index >= 15 is 0 Å². The van der Waals surface area contributed by atoms with Crippen molar-refractivity contribution in [3.8, 4) is 0 Å². The molecule has 0 fully saturated rings. The van der Waals surface area contributed by atoms with Crippen LogP contribution in [0.5, 0.6) is 0 Å². The SMILES string of the molecule is CCC(CC(=O)OC)NC(=O)Cc1cccc(Cl)c1. The smallest absolute Gasteiger partial charge is 0.307 e. The number of hydrogen-bond donors (Lipinski definition) is 1. The molecule has 104 valence electrons. The van der Waals surface area contributed by atoms with Crippen molar-refractivity contribution in [1.82, 2.24) is 5.32 Å². The molecule has 0 aromatic heterocycles.